The number of halogens is 1. The molecular formula is C22H34IN5O. The Bertz CT molecular complexity index is 707. The number of aliphatic imine (C=N–C) groups is 1. The Hall–Kier alpha value is -1.61. The summed E-state index contributed by atoms with van der Waals surface area (Å²) in [5.74, 6) is 1.63. The predicted molar refractivity (Wildman–Crippen MR) is 129 cm³/mol. The molecule has 2 atom stereocenters. The second kappa shape index (κ2) is 12.8. The van der Waals surface area contributed by atoms with Crippen LogP contribution in [-0.4, -0.2) is 60.3 Å². The van der Waals surface area contributed by atoms with E-state index < -0.39 is 0 Å². The molecule has 0 spiro atoms. The van der Waals surface area contributed by atoms with Crippen LogP contribution in [0.2, 0.25) is 0 Å². The SMILES string of the molecule is CN=C(NCCCOCCc1ccccc1)N1CCC(C)C(n2ccnc2)C1.I. The Balaban J connectivity index is 0.00000300. The van der Waals surface area contributed by atoms with Gasteiger partial charge >= 0.3 is 0 Å². The van der Waals surface area contributed by atoms with Crippen LogP contribution in [0.1, 0.15) is 31.4 Å². The average Bonchev–Trinajstić information content (AvgIpc) is 3.26. The van der Waals surface area contributed by atoms with Gasteiger partial charge in [0.2, 0.25) is 0 Å². The van der Waals surface area contributed by atoms with Crippen LogP contribution in [0.5, 0.6) is 0 Å². The topological polar surface area (TPSA) is 54.7 Å². The molecule has 2 heterocycles. The molecule has 29 heavy (non-hydrogen) atoms. The maximum atomic E-state index is 5.77. The molecule has 0 bridgehead atoms. The van der Waals surface area contributed by atoms with Gasteiger partial charge in [0.25, 0.3) is 0 Å². The molecule has 1 aromatic carbocycles. The normalized spacial score (nSPS) is 19.7. The number of nitrogens with zero attached hydrogens (tertiary/aromatic N) is 4. The molecule has 2 aromatic rings. The second-order valence-electron chi connectivity index (χ2n) is 7.46. The lowest BCUT2D eigenvalue weighted by Gasteiger charge is -2.39. The van der Waals surface area contributed by atoms with Gasteiger partial charge in [-0.2, -0.15) is 0 Å². The largest absolute Gasteiger partial charge is 0.381 e. The lowest BCUT2D eigenvalue weighted by atomic mass is 9.93. The number of imidazole rings is 1. The molecule has 1 fully saturated rings. The number of benzene rings is 1. The monoisotopic (exact) mass is 511 g/mol. The Morgan fingerprint density at radius 1 is 1.28 bits per heavy atom. The molecule has 0 aliphatic carbocycles. The van der Waals surface area contributed by atoms with Gasteiger partial charge in [-0.3, -0.25) is 4.99 Å². The number of hydrogen-bond donors (Lipinski definition) is 1. The third kappa shape index (κ3) is 7.29. The Morgan fingerprint density at radius 2 is 2.10 bits per heavy atom. The lowest BCUT2D eigenvalue weighted by Crippen LogP contribution is -2.49. The van der Waals surface area contributed by atoms with Gasteiger partial charge < -0.3 is 19.5 Å². The molecule has 0 amide bonds. The summed E-state index contributed by atoms with van der Waals surface area (Å²) in [4.78, 5) is 11.1. The number of nitrogens with one attached hydrogen (secondary N) is 1. The molecule has 1 saturated heterocycles. The molecular weight excluding hydrogens is 477 g/mol. The van der Waals surface area contributed by atoms with Crippen molar-refractivity contribution in [2.45, 2.75) is 32.2 Å². The Labute approximate surface area is 191 Å². The third-order valence-corrected chi connectivity index (χ3v) is 5.46. The molecule has 1 N–H and O–H groups in total. The fourth-order valence-corrected chi connectivity index (χ4v) is 3.74. The molecule has 1 aromatic heterocycles. The summed E-state index contributed by atoms with van der Waals surface area (Å²) < 4.78 is 8.00. The first kappa shape index (κ1) is 23.7. The summed E-state index contributed by atoms with van der Waals surface area (Å²) in [5.41, 5.74) is 1.33. The summed E-state index contributed by atoms with van der Waals surface area (Å²) in [6, 6.07) is 10.9. The zero-order valence-electron chi connectivity index (χ0n) is 17.5. The molecule has 160 valence electrons. The van der Waals surface area contributed by atoms with E-state index in [0.717, 1.165) is 58.1 Å². The van der Waals surface area contributed by atoms with Gasteiger partial charge in [0.05, 0.1) is 19.0 Å². The van der Waals surface area contributed by atoms with Gasteiger partial charge in [-0.15, -0.1) is 24.0 Å². The maximum Gasteiger partial charge on any atom is 0.193 e. The second-order valence-corrected chi connectivity index (χ2v) is 7.46. The van der Waals surface area contributed by atoms with Gasteiger partial charge in [0, 0.05) is 45.7 Å². The number of hydrogen-bond acceptors (Lipinski definition) is 3. The van der Waals surface area contributed by atoms with E-state index in [1.165, 1.54) is 5.56 Å². The van der Waals surface area contributed by atoms with E-state index in [-0.39, 0.29) is 24.0 Å². The van der Waals surface area contributed by atoms with Gasteiger partial charge in [-0.1, -0.05) is 37.3 Å². The van der Waals surface area contributed by atoms with E-state index in [4.69, 9.17) is 4.74 Å². The van der Waals surface area contributed by atoms with E-state index in [9.17, 15) is 0 Å². The van der Waals surface area contributed by atoms with Crippen LogP contribution < -0.4 is 5.32 Å². The minimum absolute atomic E-state index is 0. The number of rotatable bonds is 8. The highest BCUT2D eigenvalue weighted by atomic mass is 127. The molecule has 0 radical (unpaired) electrons. The van der Waals surface area contributed by atoms with Crippen LogP contribution in [0.3, 0.4) is 0 Å². The smallest absolute Gasteiger partial charge is 0.193 e. The first-order chi connectivity index (χ1) is 13.8. The van der Waals surface area contributed by atoms with Crippen molar-refractivity contribution in [3.63, 3.8) is 0 Å². The van der Waals surface area contributed by atoms with Crippen LogP contribution >= 0.6 is 24.0 Å². The average molecular weight is 511 g/mol. The molecule has 1 aliphatic heterocycles. The highest BCUT2D eigenvalue weighted by Crippen LogP contribution is 2.27. The summed E-state index contributed by atoms with van der Waals surface area (Å²) in [7, 11) is 1.86. The quantitative estimate of drug-likeness (QED) is 0.255. The van der Waals surface area contributed by atoms with Crippen LogP contribution in [0, 0.1) is 5.92 Å². The Morgan fingerprint density at radius 3 is 2.83 bits per heavy atom. The molecule has 6 nitrogen and oxygen atoms in total. The zero-order valence-corrected chi connectivity index (χ0v) is 19.9. The van der Waals surface area contributed by atoms with Crippen molar-refractivity contribution in [2.75, 3.05) is 39.9 Å². The summed E-state index contributed by atoms with van der Waals surface area (Å²) in [6.45, 7) is 6.75. The zero-order chi connectivity index (χ0) is 19.6. The number of piperidine rings is 1. The Kier molecular flexibility index (Phi) is 10.5. The number of likely N-dealkylation sites (tertiary alicyclic amines) is 1. The fourth-order valence-electron chi connectivity index (χ4n) is 3.74. The first-order valence-electron chi connectivity index (χ1n) is 10.3. The van der Waals surface area contributed by atoms with Crippen LogP contribution in [0.15, 0.2) is 54.0 Å². The van der Waals surface area contributed by atoms with E-state index >= 15 is 0 Å². The van der Waals surface area contributed by atoms with Crippen molar-refractivity contribution < 1.29 is 4.74 Å². The molecule has 7 heteroatoms. The van der Waals surface area contributed by atoms with Crippen molar-refractivity contribution >= 4 is 29.9 Å². The molecule has 3 rings (SSSR count). The predicted octanol–water partition coefficient (Wildman–Crippen LogP) is 3.61. The minimum Gasteiger partial charge on any atom is -0.381 e. The highest BCUT2D eigenvalue weighted by molar-refractivity contribution is 14.0. The van der Waals surface area contributed by atoms with Crippen molar-refractivity contribution in [1.82, 2.24) is 19.8 Å². The highest BCUT2D eigenvalue weighted by Gasteiger charge is 2.28. The fraction of sp³-hybridized carbons (Fsp3) is 0.545. The summed E-state index contributed by atoms with van der Waals surface area (Å²) in [6.07, 6.45) is 8.95. The van der Waals surface area contributed by atoms with Gasteiger partial charge in [-0.05, 0) is 30.7 Å². The van der Waals surface area contributed by atoms with Crippen molar-refractivity contribution in [3.8, 4) is 0 Å². The van der Waals surface area contributed by atoms with Crippen LogP contribution in [0.25, 0.3) is 0 Å². The molecule has 1 aliphatic rings. The van der Waals surface area contributed by atoms with Crippen LogP contribution in [0.4, 0.5) is 0 Å². The lowest BCUT2D eigenvalue weighted by molar-refractivity contribution is 0.135. The number of guanidine groups is 1. The van der Waals surface area contributed by atoms with Crippen molar-refractivity contribution in [3.05, 3.63) is 54.6 Å². The summed E-state index contributed by atoms with van der Waals surface area (Å²) >= 11 is 0. The summed E-state index contributed by atoms with van der Waals surface area (Å²) in [5, 5.41) is 3.50. The maximum absolute atomic E-state index is 5.77. The van der Waals surface area contributed by atoms with Gasteiger partial charge in [0.1, 0.15) is 0 Å². The number of aromatic nitrogens is 2. The van der Waals surface area contributed by atoms with E-state index in [1.807, 2.05) is 25.6 Å². The van der Waals surface area contributed by atoms with Crippen LogP contribution in [-0.2, 0) is 11.2 Å². The first-order valence-corrected chi connectivity index (χ1v) is 10.3. The van der Waals surface area contributed by atoms with E-state index in [0.29, 0.717) is 12.0 Å². The molecule has 0 saturated carbocycles. The number of ether oxygens (including phenoxy) is 1. The minimum atomic E-state index is 0. The van der Waals surface area contributed by atoms with Gasteiger partial charge in [-0.25, -0.2) is 4.98 Å². The van der Waals surface area contributed by atoms with Gasteiger partial charge in [0.15, 0.2) is 5.96 Å². The van der Waals surface area contributed by atoms with Crippen molar-refractivity contribution in [1.29, 1.82) is 0 Å². The van der Waals surface area contributed by atoms with Crippen molar-refractivity contribution in [2.24, 2.45) is 10.9 Å². The molecule has 2 unspecified atom stereocenters. The van der Waals surface area contributed by atoms with E-state index in [1.54, 1.807) is 0 Å². The van der Waals surface area contributed by atoms with E-state index in [2.05, 4.69) is 62.1 Å². The standard InChI is InChI=1S/C22H33N5O.HI/c1-19-9-13-26(17-21(19)27-14-12-24-18-27)22(23-2)25-11-6-15-28-16-10-20-7-4-3-5-8-20;/h3-5,7-8,12,14,18-19,21H,6,9-11,13,15-17H2,1-2H3,(H,23,25);1H. The third-order valence-electron chi connectivity index (χ3n) is 5.46.